The number of anilines is 1. The lowest BCUT2D eigenvalue weighted by molar-refractivity contribution is -0.00378. The second-order valence-electron chi connectivity index (χ2n) is 18.8. The first kappa shape index (κ1) is 42.0. The van der Waals surface area contributed by atoms with E-state index in [0.717, 1.165) is 46.0 Å². The normalized spacial score (nSPS) is 19.9. The molecular formula is C41H60N6O6SSi2. The van der Waals surface area contributed by atoms with E-state index in [-0.39, 0.29) is 17.4 Å². The minimum Gasteiger partial charge on any atom is -0.444 e. The molecule has 4 aromatic rings. The van der Waals surface area contributed by atoms with Crippen LogP contribution in [0.1, 0.15) is 45.2 Å². The van der Waals surface area contributed by atoms with Crippen LogP contribution in [0.5, 0.6) is 0 Å². The zero-order valence-corrected chi connectivity index (χ0v) is 37.4. The summed E-state index contributed by atoms with van der Waals surface area (Å²) in [7, 11) is -6.00. The van der Waals surface area contributed by atoms with Gasteiger partial charge in [0.1, 0.15) is 24.9 Å². The van der Waals surface area contributed by atoms with Crippen molar-refractivity contribution in [3.05, 3.63) is 66.6 Å². The highest BCUT2D eigenvalue weighted by Gasteiger charge is 2.48. The maximum absolute atomic E-state index is 13.5. The number of benzene rings is 1. The van der Waals surface area contributed by atoms with Crippen molar-refractivity contribution in [1.82, 2.24) is 24.5 Å². The van der Waals surface area contributed by atoms with Gasteiger partial charge in [-0.3, -0.25) is 4.98 Å². The fourth-order valence-corrected chi connectivity index (χ4v) is 10.7. The molecule has 0 spiro atoms. The van der Waals surface area contributed by atoms with Gasteiger partial charge in [0.15, 0.2) is 15.5 Å². The Hall–Kier alpha value is -3.64. The van der Waals surface area contributed by atoms with Crippen molar-refractivity contribution in [2.45, 2.75) is 109 Å². The Morgan fingerprint density at radius 1 is 0.857 bits per heavy atom. The Balaban J connectivity index is 1.40. The van der Waals surface area contributed by atoms with Gasteiger partial charge in [-0.1, -0.05) is 75.7 Å². The van der Waals surface area contributed by atoms with Gasteiger partial charge in [-0.25, -0.2) is 18.2 Å². The topological polar surface area (TPSA) is 128 Å². The Morgan fingerprint density at radius 2 is 1.46 bits per heavy atom. The van der Waals surface area contributed by atoms with Crippen LogP contribution in [0.15, 0.2) is 60.9 Å². The number of sulfone groups is 1. The molecule has 56 heavy (non-hydrogen) atoms. The number of pyridine rings is 1. The predicted octanol–water partition coefficient (Wildman–Crippen LogP) is 8.17. The molecular weight excluding hydrogens is 761 g/mol. The van der Waals surface area contributed by atoms with Gasteiger partial charge in [0.2, 0.25) is 0 Å². The quantitative estimate of drug-likeness (QED) is 0.0698. The molecule has 0 N–H and O–H groups in total. The summed E-state index contributed by atoms with van der Waals surface area (Å²) in [5, 5.41) is 4.90. The van der Waals surface area contributed by atoms with Gasteiger partial charge in [0.05, 0.1) is 23.4 Å². The highest BCUT2D eigenvalue weighted by atomic mass is 32.2. The Labute approximate surface area is 334 Å². The van der Waals surface area contributed by atoms with Gasteiger partial charge in [-0.15, -0.1) is 0 Å². The van der Waals surface area contributed by atoms with Gasteiger partial charge >= 0.3 is 6.09 Å². The number of carbonyl (C=O) groups is 1. The van der Waals surface area contributed by atoms with Crippen molar-refractivity contribution in [1.29, 1.82) is 0 Å². The SMILES string of the molecule is CC(C)(C)OC(=O)N1C2CC(c3cc(N(COCC[Si](C)(C)C)COCC[Si](C)(C)C)n4ncc(-c5ccc(-c6ccccc6)nc5)c4n3)CC1CS(=O)(=O)C2. The van der Waals surface area contributed by atoms with E-state index >= 15 is 0 Å². The predicted molar refractivity (Wildman–Crippen MR) is 228 cm³/mol. The van der Waals surface area contributed by atoms with Crippen LogP contribution in [0.3, 0.4) is 0 Å². The van der Waals surface area contributed by atoms with E-state index in [4.69, 9.17) is 29.3 Å². The molecule has 15 heteroatoms. The largest absolute Gasteiger partial charge is 0.444 e. The van der Waals surface area contributed by atoms with E-state index in [1.165, 1.54) is 0 Å². The Bertz CT molecular complexity index is 2030. The van der Waals surface area contributed by atoms with Gasteiger partial charge in [-0.2, -0.15) is 9.61 Å². The number of carbonyl (C=O) groups excluding carboxylic acids is 1. The van der Waals surface area contributed by atoms with E-state index in [1.807, 2.05) is 80.1 Å². The molecule has 2 aliphatic heterocycles. The summed E-state index contributed by atoms with van der Waals surface area (Å²) in [4.78, 5) is 27.4. The van der Waals surface area contributed by atoms with Gasteiger partial charge in [-0.05, 0) is 51.8 Å². The van der Waals surface area contributed by atoms with E-state index in [1.54, 1.807) is 4.90 Å². The van der Waals surface area contributed by atoms with Crippen LogP contribution in [-0.2, 0) is 24.0 Å². The van der Waals surface area contributed by atoms with Crippen LogP contribution >= 0.6 is 0 Å². The Morgan fingerprint density at radius 3 is 2.00 bits per heavy atom. The molecule has 2 atom stereocenters. The van der Waals surface area contributed by atoms with Crippen LogP contribution < -0.4 is 4.90 Å². The summed E-state index contributed by atoms with van der Waals surface area (Å²) < 4.78 is 46.6. The summed E-state index contributed by atoms with van der Waals surface area (Å²) >= 11 is 0. The zero-order valence-electron chi connectivity index (χ0n) is 34.6. The first-order valence-electron chi connectivity index (χ1n) is 19.8. The lowest BCUT2D eigenvalue weighted by Crippen LogP contribution is -2.61. The van der Waals surface area contributed by atoms with E-state index in [2.05, 4.69) is 50.2 Å². The molecule has 3 aromatic heterocycles. The molecule has 0 saturated carbocycles. The third-order valence-electron chi connectivity index (χ3n) is 10.2. The number of piperidine rings is 1. The summed E-state index contributed by atoms with van der Waals surface area (Å²) in [6, 6.07) is 17.2. The van der Waals surface area contributed by atoms with Crippen molar-refractivity contribution in [3.63, 3.8) is 0 Å². The van der Waals surface area contributed by atoms with E-state index in [0.29, 0.717) is 45.2 Å². The van der Waals surface area contributed by atoms with Crippen molar-refractivity contribution >= 4 is 43.5 Å². The molecule has 12 nitrogen and oxygen atoms in total. The smallest absolute Gasteiger partial charge is 0.410 e. The minimum absolute atomic E-state index is 0.103. The maximum Gasteiger partial charge on any atom is 0.410 e. The number of hydrogen-bond acceptors (Lipinski definition) is 10. The third-order valence-corrected chi connectivity index (χ3v) is 15.4. The summed E-state index contributed by atoms with van der Waals surface area (Å²) in [5.74, 6) is 0.451. The molecule has 2 aliphatic rings. The zero-order chi connectivity index (χ0) is 40.5. The first-order chi connectivity index (χ1) is 26.3. The molecule has 1 amide bonds. The minimum atomic E-state index is -3.34. The molecule has 2 saturated heterocycles. The highest BCUT2D eigenvalue weighted by molar-refractivity contribution is 7.91. The number of hydrogen-bond donors (Lipinski definition) is 0. The average Bonchev–Trinajstić information content (AvgIpc) is 3.52. The fraction of sp³-hybridized carbons (Fsp3) is 0.561. The molecule has 304 valence electrons. The van der Waals surface area contributed by atoms with E-state index < -0.39 is 49.8 Å². The highest BCUT2D eigenvalue weighted by Crippen LogP contribution is 2.41. The van der Waals surface area contributed by atoms with Crippen LogP contribution in [0.4, 0.5) is 10.6 Å². The summed E-state index contributed by atoms with van der Waals surface area (Å²) in [6.07, 6.45) is 4.10. The number of nitrogens with zero attached hydrogens (tertiary/aromatic N) is 6. The van der Waals surface area contributed by atoms with Gasteiger partial charge < -0.3 is 24.0 Å². The number of ether oxygens (including phenoxy) is 3. The number of amides is 1. The van der Waals surface area contributed by atoms with Crippen molar-refractivity contribution in [2.24, 2.45) is 0 Å². The van der Waals surface area contributed by atoms with Crippen molar-refractivity contribution in [3.8, 4) is 22.4 Å². The first-order valence-corrected chi connectivity index (χ1v) is 29.0. The number of fused-ring (bicyclic) bond motifs is 3. The maximum atomic E-state index is 13.5. The van der Waals surface area contributed by atoms with Gasteiger partial charge in [0.25, 0.3) is 0 Å². The molecule has 2 unspecified atom stereocenters. The molecule has 1 aromatic carbocycles. The van der Waals surface area contributed by atoms with Crippen molar-refractivity contribution in [2.75, 3.05) is 43.1 Å². The number of aromatic nitrogens is 4. The van der Waals surface area contributed by atoms with Crippen LogP contribution in [0.25, 0.3) is 28.0 Å². The monoisotopic (exact) mass is 820 g/mol. The Kier molecular flexibility index (Phi) is 12.5. The third kappa shape index (κ3) is 10.8. The molecule has 5 heterocycles. The second kappa shape index (κ2) is 16.7. The lowest BCUT2D eigenvalue weighted by Gasteiger charge is -2.48. The van der Waals surface area contributed by atoms with Crippen LogP contribution in [0.2, 0.25) is 51.4 Å². The summed E-state index contributed by atoms with van der Waals surface area (Å²) in [5.41, 5.74) is 4.38. The number of rotatable bonds is 14. The molecule has 0 aliphatic carbocycles. The molecule has 0 radical (unpaired) electrons. The average molecular weight is 821 g/mol. The standard InChI is InChI=1S/C41H60N6O6SSi2/c1-41(2,3)53-40(48)46-33-21-32(22-34(46)27-54(49,50)26-33)37-23-38(45(28-51-17-19-55(4,5)6)29-52-18-20-56(7,8)9)47-39(44-37)35(25-43-47)31-15-16-36(42-24-31)30-13-11-10-12-14-30/h10-16,23-25,32-34H,17-22,26-29H2,1-9H3. The molecule has 2 fully saturated rings. The van der Waals surface area contributed by atoms with E-state index in [9.17, 15) is 13.2 Å². The lowest BCUT2D eigenvalue weighted by atomic mass is 9.84. The molecule has 6 rings (SSSR count). The summed E-state index contributed by atoms with van der Waals surface area (Å²) in [6.45, 7) is 21.4. The van der Waals surface area contributed by atoms with Crippen molar-refractivity contribution < 1.29 is 27.4 Å². The second-order valence-corrected chi connectivity index (χ2v) is 32.2. The van der Waals surface area contributed by atoms with Crippen LogP contribution in [-0.4, -0.2) is 111 Å². The fourth-order valence-electron chi connectivity index (χ4n) is 7.30. The molecule has 2 bridgehead atoms. The van der Waals surface area contributed by atoms with Crippen LogP contribution in [0, 0.1) is 0 Å². The van der Waals surface area contributed by atoms with Gasteiger partial charge in [0, 0.05) is 82.0 Å².